The van der Waals surface area contributed by atoms with Crippen molar-refractivity contribution in [3.8, 4) is 0 Å². The van der Waals surface area contributed by atoms with E-state index in [4.69, 9.17) is 9.94 Å². The van der Waals surface area contributed by atoms with Gasteiger partial charge in [-0.2, -0.15) is 0 Å². The highest BCUT2D eigenvalue weighted by Gasteiger charge is 2.18. The summed E-state index contributed by atoms with van der Waals surface area (Å²) in [6.45, 7) is 1.94. The molecule has 0 aromatic carbocycles. The maximum Gasteiger partial charge on any atom is 0.362 e. The summed E-state index contributed by atoms with van der Waals surface area (Å²) in [4.78, 5) is 11.3. The summed E-state index contributed by atoms with van der Waals surface area (Å²) >= 11 is 0. The van der Waals surface area contributed by atoms with E-state index in [1.54, 1.807) is 36.9 Å². The molecular formula is C9H12N2O3. The third kappa shape index (κ3) is 1.93. The van der Waals surface area contributed by atoms with Crippen molar-refractivity contribution in [2.24, 2.45) is 12.2 Å². The Morgan fingerprint density at radius 3 is 2.86 bits per heavy atom. The molecule has 0 aliphatic heterocycles. The van der Waals surface area contributed by atoms with E-state index < -0.39 is 5.97 Å². The molecule has 1 heterocycles. The molecule has 0 saturated carbocycles. The Morgan fingerprint density at radius 1 is 1.71 bits per heavy atom. The van der Waals surface area contributed by atoms with E-state index in [0.717, 1.165) is 0 Å². The quantitative estimate of drug-likeness (QED) is 0.336. The van der Waals surface area contributed by atoms with Gasteiger partial charge >= 0.3 is 5.97 Å². The van der Waals surface area contributed by atoms with Crippen LogP contribution in [-0.2, 0) is 16.6 Å². The fourth-order valence-electron chi connectivity index (χ4n) is 1.10. The Hall–Kier alpha value is -1.78. The van der Waals surface area contributed by atoms with Gasteiger partial charge < -0.3 is 14.5 Å². The van der Waals surface area contributed by atoms with Crippen LogP contribution in [0.1, 0.15) is 12.6 Å². The zero-order chi connectivity index (χ0) is 10.6. The van der Waals surface area contributed by atoms with Gasteiger partial charge in [0.1, 0.15) is 0 Å². The van der Waals surface area contributed by atoms with Crippen LogP contribution in [0.3, 0.4) is 0 Å². The minimum absolute atomic E-state index is 0.0839. The molecule has 14 heavy (non-hydrogen) atoms. The highest BCUT2D eigenvalue weighted by molar-refractivity contribution is 6.42. The van der Waals surface area contributed by atoms with Crippen molar-refractivity contribution in [2.45, 2.75) is 6.92 Å². The third-order valence-corrected chi connectivity index (χ3v) is 1.76. The smallest absolute Gasteiger partial charge is 0.362 e. The zero-order valence-corrected chi connectivity index (χ0v) is 8.10. The van der Waals surface area contributed by atoms with Gasteiger partial charge in [-0.15, -0.1) is 0 Å². The standard InChI is InChI=1S/C9H12N2O3/c1-3-14-9(12)8(10-13)7-5-4-6-11(7)2/h4-6,13H,3H2,1-2H3/b10-8+. The number of hydrogen-bond acceptors (Lipinski definition) is 4. The first-order chi connectivity index (χ1) is 6.70. The van der Waals surface area contributed by atoms with Crippen molar-refractivity contribution in [1.29, 1.82) is 0 Å². The van der Waals surface area contributed by atoms with Crippen molar-refractivity contribution in [2.75, 3.05) is 6.61 Å². The lowest BCUT2D eigenvalue weighted by molar-refractivity contribution is -0.135. The summed E-state index contributed by atoms with van der Waals surface area (Å²) in [5.41, 5.74) is 0.435. The lowest BCUT2D eigenvalue weighted by Crippen LogP contribution is -2.21. The van der Waals surface area contributed by atoms with Crippen molar-refractivity contribution >= 4 is 11.7 Å². The summed E-state index contributed by atoms with van der Waals surface area (Å²) < 4.78 is 6.40. The van der Waals surface area contributed by atoms with E-state index >= 15 is 0 Å². The number of rotatable bonds is 3. The zero-order valence-electron chi connectivity index (χ0n) is 8.10. The molecule has 0 unspecified atom stereocenters. The number of oxime groups is 1. The van der Waals surface area contributed by atoms with Crippen LogP contribution < -0.4 is 0 Å². The van der Waals surface area contributed by atoms with Crippen LogP contribution in [0.15, 0.2) is 23.5 Å². The van der Waals surface area contributed by atoms with Gasteiger partial charge in [0, 0.05) is 13.2 Å². The van der Waals surface area contributed by atoms with Gasteiger partial charge in [-0.3, -0.25) is 0 Å². The van der Waals surface area contributed by atoms with Crippen LogP contribution in [-0.4, -0.2) is 28.1 Å². The van der Waals surface area contributed by atoms with Gasteiger partial charge in [-0.05, 0) is 19.1 Å². The Labute approximate surface area is 81.6 Å². The van der Waals surface area contributed by atoms with E-state index in [0.29, 0.717) is 5.69 Å². The van der Waals surface area contributed by atoms with Gasteiger partial charge in [0.15, 0.2) is 0 Å². The second-order valence-electron chi connectivity index (χ2n) is 2.67. The molecule has 0 spiro atoms. The number of nitrogens with zero attached hydrogens (tertiary/aromatic N) is 2. The number of ether oxygens (including phenoxy) is 1. The van der Waals surface area contributed by atoms with Crippen LogP contribution in [0.4, 0.5) is 0 Å². The second kappa shape index (κ2) is 4.45. The average molecular weight is 196 g/mol. The Bertz CT molecular complexity index is 355. The second-order valence-corrected chi connectivity index (χ2v) is 2.67. The van der Waals surface area contributed by atoms with Gasteiger partial charge in [0.2, 0.25) is 5.71 Å². The molecule has 0 atom stereocenters. The Morgan fingerprint density at radius 2 is 2.43 bits per heavy atom. The molecule has 1 N–H and O–H groups in total. The highest BCUT2D eigenvalue weighted by atomic mass is 16.5. The summed E-state index contributed by atoms with van der Waals surface area (Å²) in [7, 11) is 1.75. The van der Waals surface area contributed by atoms with Crippen molar-refractivity contribution < 1.29 is 14.7 Å². The monoisotopic (exact) mass is 196 g/mol. The predicted molar refractivity (Wildman–Crippen MR) is 50.4 cm³/mol. The molecule has 0 radical (unpaired) electrons. The van der Waals surface area contributed by atoms with Gasteiger partial charge in [-0.1, -0.05) is 5.16 Å². The molecule has 0 saturated heterocycles. The maximum absolute atomic E-state index is 11.3. The van der Waals surface area contributed by atoms with E-state index in [1.165, 1.54) is 0 Å². The molecule has 5 nitrogen and oxygen atoms in total. The topological polar surface area (TPSA) is 63.8 Å². The molecule has 5 heteroatoms. The molecule has 1 rings (SSSR count). The van der Waals surface area contributed by atoms with Crippen molar-refractivity contribution in [3.05, 3.63) is 24.0 Å². The molecule has 1 aromatic heterocycles. The fourth-order valence-corrected chi connectivity index (χ4v) is 1.10. The van der Waals surface area contributed by atoms with Crippen molar-refractivity contribution in [3.63, 3.8) is 0 Å². The molecule has 1 aromatic rings. The molecule has 76 valence electrons. The maximum atomic E-state index is 11.3. The molecular weight excluding hydrogens is 184 g/mol. The van der Waals surface area contributed by atoms with Crippen LogP contribution in [0.25, 0.3) is 0 Å². The van der Waals surface area contributed by atoms with Crippen LogP contribution in [0.2, 0.25) is 0 Å². The normalized spacial score (nSPS) is 11.4. The largest absolute Gasteiger partial charge is 0.461 e. The highest BCUT2D eigenvalue weighted by Crippen LogP contribution is 2.03. The molecule has 0 amide bonds. The minimum Gasteiger partial charge on any atom is -0.461 e. The molecule has 0 fully saturated rings. The Balaban J connectivity index is 2.95. The van der Waals surface area contributed by atoms with E-state index in [9.17, 15) is 4.79 Å². The average Bonchev–Trinajstić information content (AvgIpc) is 2.54. The van der Waals surface area contributed by atoms with Crippen LogP contribution >= 0.6 is 0 Å². The first kappa shape index (κ1) is 10.3. The van der Waals surface area contributed by atoms with Gasteiger partial charge in [-0.25, -0.2) is 4.79 Å². The van der Waals surface area contributed by atoms with E-state index in [2.05, 4.69) is 5.16 Å². The first-order valence-electron chi connectivity index (χ1n) is 4.21. The predicted octanol–water partition coefficient (Wildman–Crippen LogP) is 0.767. The van der Waals surface area contributed by atoms with Crippen LogP contribution in [0.5, 0.6) is 0 Å². The van der Waals surface area contributed by atoms with E-state index in [-0.39, 0.29) is 12.3 Å². The molecule has 0 bridgehead atoms. The number of aryl methyl sites for hydroxylation is 1. The van der Waals surface area contributed by atoms with Gasteiger partial charge in [0.25, 0.3) is 0 Å². The number of carbonyl (C=O) groups is 1. The summed E-state index contributed by atoms with van der Waals surface area (Å²) in [6.07, 6.45) is 1.75. The SMILES string of the molecule is CCOC(=O)/C(=N/O)c1cccn1C. The lowest BCUT2D eigenvalue weighted by atomic mass is 10.3. The van der Waals surface area contributed by atoms with E-state index in [1.807, 2.05) is 0 Å². The first-order valence-corrected chi connectivity index (χ1v) is 4.21. The number of hydrogen-bond donors (Lipinski definition) is 1. The van der Waals surface area contributed by atoms with Gasteiger partial charge in [0.05, 0.1) is 12.3 Å². The Kier molecular flexibility index (Phi) is 3.28. The number of carbonyl (C=O) groups excluding carboxylic acids is 1. The minimum atomic E-state index is -0.628. The lowest BCUT2D eigenvalue weighted by Gasteiger charge is -2.04. The molecule has 0 aliphatic carbocycles. The number of aromatic nitrogens is 1. The summed E-state index contributed by atoms with van der Waals surface area (Å²) in [5.74, 6) is -0.628. The third-order valence-electron chi connectivity index (χ3n) is 1.76. The summed E-state index contributed by atoms with van der Waals surface area (Å²) in [5, 5.41) is 11.6. The van der Waals surface area contributed by atoms with Crippen LogP contribution in [0, 0.1) is 0 Å². The molecule has 0 aliphatic rings. The number of esters is 1. The summed E-state index contributed by atoms with van der Waals surface area (Å²) in [6, 6.07) is 3.42. The fraction of sp³-hybridized carbons (Fsp3) is 0.333. The van der Waals surface area contributed by atoms with Crippen molar-refractivity contribution in [1.82, 2.24) is 4.57 Å².